The lowest BCUT2D eigenvalue weighted by molar-refractivity contribution is -0.143. The van der Waals surface area contributed by atoms with Gasteiger partial charge in [0.25, 0.3) is 0 Å². The third-order valence-electron chi connectivity index (χ3n) is 4.85. The Kier molecular flexibility index (Phi) is 14.2. The quantitative estimate of drug-likeness (QED) is 0.250. The van der Waals surface area contributed by atoms with Crippen molar-refractivity contribution in [2.45, 2.75) is 64.3 Å². The van der Waals surface area contributed by atoms with E-state index in [1.165, 1.54) is 19.4 Å². The van der Waals surface area contributed by atoms with Crippen LogP contribution in [-0.4, -0.2) is 62.8 Å². The summed E-state index contributed by atoms with van der Waals surface area (Å²) < 4.78 is 5.26. The molecule has 1 saturated heterocycles. The summed E-state index contributed by atoms with van der Waals surface area (Å²) in [6, 6.07) is 0.744. The number of esters is 1. The van der Waals surface area contributed by atoms with Gasteiger partial charge in [0.2, 0.25) is 0 Å². The summed E-state index contributed by atoms with van der Waals surface area (Å²) >= 11 is 0. The van der Waals surface area contributed by atoms with Crippen molar-refractivity contribution < 1.29 is 9.53 Å². The molecule has 5 nitrogen and oxygen atoms in total. The minimum atomic E-state index is -0.0955. The summed E-state index contributed by atoms with van der Waals surface area (Å²) in [6.45, 7) is 12.4. The minimum absolute atomic E-state index is 0.0955. The number of rotatable bonds is 16. The second-order valence-corrected chi connectivity index (χ2v) is 7.11. The molecular formula is C21H39N3O2. The number of nitrogens with zero attached hydrogens (tertiary/aromatic N) is 1. The fourth-order valence-electron chi connectivity index (χ4n) is 3.23. The number of carbonyl (C=O) groups is 1. The van der Waals surface area contributed by atoms with Gasteiger partial charge in [-0.3, -0.25) is 4.79 Å². The molecule has 0 aromatic heterocycles. The highest BCUT2D eigenvalue weighted by Crippen LogP contribution is 2.15. The number of allylic oxidation sites excluding steroid dienone is 1. The molecule has 0 amide bonds. The largest absolute Gasteiger partial charge is 0.466 e. The van der Waals surface area contributed by atoms with Crippen LogP contribution < -0.4 is 10.6 Å². The van der Waals surface area contributed by atoms with E-state index in [1.54, 1.807) is 0 Å². The van der Waals surface area contributed by atoms with Gasteiger partial charge in [-0.1, -0.05) is 6.58 Å². The predicted octanol–water partition coefficient (Wildman–Crippen LogP) is 2.87. The average molecular weight is 366 g/mol. The second-order valence-electron chi connectivity index (χ2n) is 7.11. The maximum Gasteiger partial charge on any atom is 0.307 e. The molecule has 2 N–H and O–H groups in total. The van der Waals surface area contributed by atoms with Gasteiger partial charge >= 0.3 is 5.97 Å². The summed E-state index contributed by atoms with van der Waals surface area (Å²) in [7, 11) is 0. The number of nitrogens with one attached hydrogen (secondary N) is 2. The molecule has 0 aromatic rings. The number of hydrogen-bond donors (Lipinski definition) is 2. The van der Waals surface area contributed by atoms with Crippen LogP contribution in [0.1, 0.15) is 58.3 Å². The van der Waals surface area contributed by atoms with E-state index in [-0.39, 0.29) is 5.97 Å². The van der Waals surface area contributed by atoms with Gasteiger partial charge in [0.1, 0.15) is 0 Å². The number of hydrogen-bond acceptors (Lipinski definition) is 5. The molecule has 1 aliphatic heterocycles. The Labute approximate surface area is 160 Å². The van der Waals surface area contributed by atoms with Gasteiger partial charge in [0, 0.05) is 12.6 Å². The smallest absolute Gasteiger partial charge is 0.307 e. The summed E-state index contributed by atoms with van der Waals surface area (Å²) in [4.78, 5) is 14.2. The van der Waals surface area contributed by atoms with Crippen molar-refractivity contribution in [3.63, 3.8) is 0 Å². The summed E-state index contributed by atoms with van der Waals surface area (Å²) in [5.41, 5.74) is 2.78. The predicted molar refractivity (Wildman–Crippen MR) is 108 cm³/mol. The first-order chi connectivity index (χ1) is 12.7. The van der Waals surface area contributed by atoms with Crippen molar-refractivity contribution in [2.24, 2.45) is 0 Å². The third kappa shape index (κ3) is 12.3. The molecule has 1 unspecified atom stereocenters. The zero-order valence-corrected chi connectivity index (χ0v) is 16.7. The van der Waals surface area contributed by atoms with E-state index in [2.05, 4.69) is 34.8 Å². The second kappa shape index (κ2) is 16.1. The standard InChI is InChI=1S/C21H39N3O2/c1-3-4-5-6-7-13-22-15-10-19-26-21(25)12-16-23-14-9-18-24-17-8-11-20(24)2/h4,20,22-23H,1,5-19H2,2H3. The highest BCUT2D eigenvalue weighted by molar-refractivity contribution is 5.69. The van der Waals surface area contributed by atoms with Crippen molar-refractivity contribution in [1.82, 2.24) is 15.5 Å². The Morgan fingerprint density at radius 3 is 2.73 bits per heavy atom. The van der Waals surface area contributed by atoms with Crippen LogP contribution in [0.25, 0.3) is 0 Å². The van der Waals surface area contributed by atoms with Gasteiger partial charge < -0.3 is 20.3 Å². The third-order valence-corrected chi connectivity index (χ3v) is 4.85. The van der Waals surface area contributed by atoms with Crippen molar-refractivity contribution >= 4 is 5.97 Å². The van der Waals surface area contributed by atoms with Crippen LogP contribution in [0.15, 0.2) is 18.4 Å². The van der Waals surface area contributed by atoms with Gasteiger partial charge in [0.15, 0.2) is 0 Å². The molecule has 150 valence electrons. The Morgan fingerprint density at radius 2 is 1.96 bits per heavy atom. The zero-order chi connectivity index (χ0) is 18.9. The maximum atomic E-state index is 11.7. The van der Waals surface area contributed by atoms with Crippen LogP contribution >= 0.6 is 0 Å². The van der Waals surface area contributed by atoms with E-state index in [9.17, 15) is 4.79 Å². The van der Waals surface area contributed by atoms with Gasteiger partial charge in [-0.2, -0.15) is 0 Å². The molecule has 1 heterocycles. The number of unbranched alkanes of at least 4 members (excludes halogenated alkanes) is 2. The lowest BCUT2D eigenvalue weighted by atomic mass is 10.2. The van der Waals surface area contributed by atoms with E-state index < -0.39 is 0 Å². The summed E-state index contributed by atoms with van der Waals surface area (Å²) in [5.74, 6) is -0.0955. The Morgan fingerprint density at radius 1 is 1.19 bits per heavy atom. The first kappa shape index (κ1) is 22.9. The van der Waals surface area contributed by atoms with E-state index in [0.29, 0.717) is 19.6 Å². The molecule has 1 aliphatic rings. The number of likely N-dealkylation sites (tertiary alicyclic amines) is 1. The molecule has 0 spiro atoms. The van der Waals surface area contributed by atoms with E-state index in [0.717, 1.165) is 64.3 Å². The molecule has 5 heteroatoms. The normalized spacial score (nSPS) is 17.2. The fourth-order valence-corrected chi connectivity index (χ4v) is 3.23. The van der Waals surface area contributed by atoms with E-state index in [4.69, 9.17) is 4.74 Å². The van der Waals surface area contributed by atoms with Crippen molar-refractivity contribution in [3.05, 3.63) is 18.4 Å². The zero-order valence-electron chi connectivity index (χ0n) is 16.7. The highest BCUT2D eigenvalue weighted by Gasteiger charge is 2.18. The van der Waals surface area contributed by atoms with Crippen LogP contribution in [0.3, 0.4) is 0 Å². The molecule has 0 aromatic carbocycles. The van der Waals surface area contributed by atoms with Crippen LogP contribution in [-0.2, 0) is 9.53 Å². The van der Waals surface area contributed by atoms with Crippen LogP contribution in [0.5, 0.6) is 0 Å². The Hall–Kier alpha value is -1.13. The van der Waals surface area contributed by atoms with Gasteiger partial charge in [-0.05, 0) is 90.7 Å². The lowest BCUT2D eigenvalue weighted by Crippen LogP contribution is -2.30. The van der Waals surface area contributed by atoms with Crippen LogP contribution in [0.4, 0.5) is 0 Å². The SMILES string of the molecule is C=C=CCCCCNCCCOC(=O)CCNCCCN1CCCC1C. The molecule has 0 aliphatic carbocycles. The fraction of sp³-hybridized carbons (Fsp3) is 0.810. The summed E-state index contributed by atoms with van der Waals surface area (Å²) in [5, 5.41) is 6.71. The van der Waals surface area contributed by atoms with Gasteiger partial charge in [-0.25, -0.2) is 0 Å². The van der Waals surface area contributed by atoms with E-state index in [1.807, 2.05) is 6.08 Å². The van der Waals surface area contributed by atoms with Gasteiger partial charge in [-0.15, -0.1) is 5.73 Å². The molecule has 0 radical (unpaired) electrons. The van der Waals surface area contributed by atoms with Crippen LogP contribution in [0.2, 0.25) is 0 Å². The summed E-state index contributed by atoms with van der Waals surface area (Å²) in [6.07, 6.45) is 10.5. The molecule has 0 bridgehead atoms. The first-order valence-electron chi connectivity index (χ1n) is 10.4. The molecule has 26 heavy (non-hydrogen) atoms. The number of carbonyl (C=O) groups excluding carboxylic acids is 1. The molecule has 0 saturated carbocycles. The molecule has 1 atom stereocenters. The van der Waals surface area contributed by atoms with Crippen LogP contribution in [0, 0.1) is 0 Å². The van der Waals surface area contributed by atoms with Crippen molar-refractivity contribution in [3.8, 4) is 0 Å². The molecule has 1 fully saturated rings. The maximum absolute atomic E-state index is 11.7. The van der Waals surface area contributed by atoms with Crippen molar-refractivity contribution in [2.75, 3.05) is 45.9 Å². The lowest BCUT2D eigenvalue weighted by Gasteiger charge is -2.20. The monoisotopic (exact) mass is 365 g/mol. The van der Waals surface area contributed by atoms with Crippen molar-refractivity contribution in [1.29, 1.82) is 0 Å². The first-order valence-corrected chi connectivity index (χ1v) is 10.4. The van der Waals surface area contributed by atoms with E-state index >= 15 is 0 Å². The van der Waals surface area contributed by atoms with Gasteiger partial charge in [0.05, 0.1) is 13.0 Å². The Bertz CT molecular complexity index is 408. The number of ether oxygens (including phenoxy) is 1. The molecule has 1 rings (SSSR count). The highest BCUT2D eigenvalue weighted by atomic mass is 16.5. The topological polar surface area (TPSA) is 53.6 Å². The average Bonchev–Trinajstić information content (AvgIpc) is 3.04. The molecular weight excluding hydrogens is 326 g/mol. The minimum Gasteiger partial charge on any atom is -0.466 e. The Balaban J connectivity index is 1.79.